The molecule has 2 aromatic rings. The summed E-state index contributed by atoms with van der Waals surface area (Å²) < 4.78 is 5.22. The predicted molar refractivity (Wildman–Crippen MR) is 80.8 cm³/mol. The highest BCUT2D eigenvalue weighted by Gasteiger charge is 2.30. The topological polar surface area (TPSA) is 51.4 Å². The van der Waals surface area contributed by atoms with Crippen molar-refractivity contribution in [3.63, 3.8) is 0 Å². The van der Waals surface area contributed by atoms with Crippen molar-refractivity contribution in [2.45, 2.75) is 25.4 Å². The lowest BCUT2D eigenvalue weighted by Crippen LogP contribution is -2.26. The molecule has 0 amide bonds. The van der Waals surface area contributed by atoms with Crippen LogP contribution in [0.25, 0.3) is 0 Å². The van der Waals surface area contributed by atoms with Crippen molar-refractivity contribution in [2.75, 3.05) is 17.7 Å². The average molecular weight is 269 g/mol. The van der Waals surface area contributed by atoms with Crippen LogP contribution in [0.5, 0.6) is 5.88 Å². The molecule has 1 aromatic heterocycles. The van der Waals surface area contributed by atoms with Gasteiger partial charge in [0, 0.05) is 24.3 Å². The van der Waals surface area contributed by atoms with Crippen molar-refractivity contribution >= 4 is 11.5 Å². The summed E-state index contributed by atoms with van der Waals surface area (Å²) in [6.45, 7) is 0.829. The van der Waals surface area contributed by atoms with Gasteiger partial charge < -0.3 is 15.4 Å². The van der Waals surface area contributed by atoms with E-state index in [-0.39, 0.29) is 0 Å². The van der Waals surface area contributed by atoms with E-state index in [0.29, 0.717) is 11.9 Å². The van der Waals surface area contributed by atoms with Crippen LogP contribution in [-0.4, -0.2) is 18.1 Å². The lowest BCUT2D eigenvalue weighted by Gasteiger charge is -2.24. The van der Waals surface area contributed by atoms with Crippen LogP contribution in [0.3, 0.4) is 0 Å². The maximum Gasteiger partial charge on any atom is 0.214 e. The molecule has 1 aromatic carbocycles. The number of hydrogen-bond donors (Lipinski definition) is 1. The van der Waals surface area contributed by atoms with Gasteiger partial charge in [-0.2, -0.15) is 4.98 Å². The minimum Gasteiger partial charge on any atom is -0.481 e. The summed E-state index contributed by atoms with van der Waals surface area (Å²) in [6.07, 6.45) is 2.45. The first kappa shape index (κ1) is 12.8. The number of nitrogens with two attached hydrogens (primary N) is 1. The Bertz CT molecular complexity index is 596. The third kappa shape index (κ3) is 2.85. The zero-order valence-corrected chi connectivity index (χ0v) is 11.6. The first-order chi connectivity index (χ1) is 9.76. The van der Waals surface area contributed by atoms with Gasteiger partial charge in [-0.1, -0.05) is 18.2 Å². The van der Waals surface area contributed by atoms with Crippen LogP contribution in [0.1, 0.15) is 18.4 Å². The Morgan fingerprint density at radius 3 is 2.75 bits per heavy atom. The van der Waals surface area contributed by atoms with E-state index in [9.17, 15) is 0 Å². The summed E-state index contributed by atoms with van der Waals surface area (Å²) in [6, 6.07) is 14.5. The van der Waals surface area contributed by atoms with Crippen LogP contribution >= 0.6 is 0 Å². The number of nitrogen functional groups attached to an aromatic ring is 1. The second-order valence-corrected chi connectivity index (χ2v) is 5.14. The van der Waals surface area contributed by atoms with E-state index in [1.807, 2.05) is 36.4 Å². The lowest BCUT2D eigenvalue weighted by atomic mass is 10.2. The molecule has 0 atom stereocenters. The average Bonchev–Trinajstić information content (AvgIpc) is 3.29. The molecule has 1 aliphatic rings. The third-order valence-electron chi connectivity index (χ3n) is 3.50. The normalized spacial score (nSPS) is 14.1. The van der Waals surface area contributed by atoms with Crippen LogP contribution in [-0.2, 0) is 6.54 Å². The van der Waals surface area contributed by atoms with Gasteiger partial charge in [-0.15, -0.1) is 0 Å². The minimum absolute atomic E-state index is 0.580. The fraction of sp³-hybridized carbons (Fsp3) is 0.312. The highest BCUT2D eigenvalue weighted by molar-refractivity contribution is 5.47. The second kappa shape index (κ2) is 5.41. The highest BCUT2D eigenvalue weighted by Crippen LogP contribution is 2.32. The molecule has 0 spiro atoms. The van der Waals surface area contributed by atoms with Gasteiger partial charge in [0.2, 0.25) is 5.88 Å². The maximum absolute atomic E-state index is 5.86. The molecular formula is C16H19N3O. The zero-order valence-electron chi connectivity index (χ0n) is 11.6. The molecule has 20 heavy (non-hydrogen) atoms. The number of rotatable bonds is 5. The number of aromatic nitrogens is 1. The van der Waals surface area contributed by atoms with Crippen LogP contribution in [0, 0.1) is 0 Å². The summed E-state index contributed by atoms with van der Waals surface area (Å²) in [5, 5.41) is 0. The fourth-order valence-corrected chi connectivity index (χ4v) is 2.35. The van der Waals surface area contributed by atoms with Crippen molar-refractivity contribution in [1.29, 1.82) is 0 Å². The van der Waals surface area contributed by atoms with Gasteiger partial charge in [0.05, 0.1) is 7.11 Å². The van der Waals surface area contributed by atoms with Crippen molar-refractivity contribution in [1.82, 2.24) is 4.98 Å². The minimum atomic E-state index is 0.580. The monoisotopic (exact) mass is 269 g/mol. The molecule has 0 unspecified atom stereocenters. The Morgan fingerprint density at radius 1 is 1.25 bits per heavy atom. The van der Waals surface area contributed by atoms with Crippen molar-refractivity contribution in [2.24, 2.45) is 0 Å². The smallest absolute Gasteiger partial charge is 0.214 e. The molecule has 0 radical (unpaired) electrons. The number of hydrogen-bond acceptors (Lipinski definition) is 4. The highest BCUT2D eigenvalue weighted by atomic mass is 16.5. The van der Waals surface area contributed by atoms with Crippen LogP contribution < -0.4 is 15.4 Å². The van der Waals surface area contributed by atoms with Crippen LogP contribution in [0.2, 0.25) is 0 Å². The van der Waals surface area contributed by atoms with Gasteiger partial charge in [0.1, 0.15) is 5.82 Å². The van der Waals surface area contributed by atoms with E-state index in [1.54, 1.807) is 7.11 Å². The second-order valence-electron chi connectivity index (χ2n) is 5.14. The summed E-state index contributed by atoms with van der Waals surface area (Å²) in [5.41, 5.74) is 7.87. The van der Waals surface area contributed by atoms with Crippen molar-refractivity contribution in [3.05, 3.63) is 48.0 Å². The Labute approximate surface area is 119 Å². The third-order valence-corrected chi connectivity index (χ3v) is 3.50. The zero-order chi connectivity index (χ0) is 13.9. The number of methoxy groups -OCH3 is 1. The number of anilines is 2. The Kier molecular flexibility index (Phi) is 3.46. The Balaban J connectivity index is 1.85. The number of nitrogens with zero attached hydrogens (tertiary/aromatic N) is 2. The standard InChI is InChI=1S/C16H19N3O/c1-20-16-7-3-6-15(18-16)19(14-8-9-14)11-12-4-2-5-13(17)10-12/h2-7,10,14H,8-9,11,17H2,1H3. The van der Waals surface area contributed by atoms with Gasteiger partial charge in [0.25, 0.3) is 0 Å². The molecule has 0 aliphatic heterocycles. The molecule has 0 saturated heterocycles. The van der Waals surface area contributed by atoms with E-state index in [1.165, 1.54) is 18.4 Å². The fourth-order valence-electron chi connectivity index (χ4n) is 2.35. The van der Waals surface area contributed by atoms with E-state index in [2.05, 4.69) is 16.0 Å². The van der Waals surface area contributed by atoms with Gasteiger partial charge in [-0.25, -0.2) is 0 Å². The molecule has 1 fully saturated rings. The molecule has 4 heteroatoms. The summed E-state index contributed by atoms with van der Waals surface area (Å²) in [4.78, 5) is 6.87. The van der Waals surface area contributed by atoms with E-state index >= 15 is 0 Å². The first-order valence-electron chi connectivity index (χ1n) is 6.88. The van der Waals surface area contributed by atoms with Gasteiger partial charge >= 0.3 is 0 Å². The molecular weight excluding hydrogens is 250 g/mol. The van der Waals surface area contributed by atoms with Crippen molar-refractivity contribution in [3.8, 4) is 5.88 Å². The maximum atomic E-state index is 5.86. The quantitative estimate of drug-likeness (QED) is 0.848. The number of ether oxygens (including phenoxy) is 1. The Morgan fingerprint density at radius 2 is 2.05 bits per heavy atom. The molecule has 0 bridgehead atoms. The van der Waals surface area contributed by atoms with Gasteiger partial charge in [0.15, 0.2) is 0 Å². The number of pyridine rings is 1. The number of benzene rings is 1. The SMILES string of the molecule is COc1cccc(N(Cc2cccc(N)c2)C2CC2)n1. The first-order valence-corrected chi connectivity index (χ1v) is 6.88. The van der Waals surface area contributed by atoms with E-state index in [4.69, 9.17) is 10.5 Å². The summed E-state index contributed by atoms with van der Waals surface area (Å²) >= 11 is 0. The molecule has 1 saturated carbocycles. The van der Waals surface area contributed by atoms with Gasteiger partial charge in [-0.3, -0.25) is 0 Å². The van der Waals surface area contributed by atoms with Gasteiger partial charge in [-0.05, 0) is 36.6 Å². The van der Waals surface area contributed by atoms with E-state index < -0.39 is 0 Å². The van der Waals surface area contributed by atoms with Crippen molar-refractivity contribution < 1.29 is 4.74 Å². The summed E-state index contributed by atoms with van der Waals surface area (Å²) in [5.74, 6) is 1.62. The van der Waals surface area contributed by atoms with Crippen LogP contribution in [0.4, 0.5) is 11.5 Å². The molecule has 1 aliphatic carbocycles. The largest absolute Gasteiger partial charge is 0.481 e. The van der Waals surface area contributed by atoms with Crippen LogP contribution in [0.15, 0.2) is 42.5 Å². The summed E-state index contributed by atoms with van der Waals surface area (Å²) in [7, 11) is 1.64. The lowest BCUT2D eigenvalue weighted by molar-refractivity contribution is 0.397. The van der Waals surface area contributed by atoms with E-state index in [0.717, 1.165) is 18.1 Å². The molecule has 1 heterocycles. The predicted octanol–water partition coefficient (Wildman–Crippen LogP) is 2.84. The Hall–Kier alpha value is -2.23. The molecule has 4 nitrogen and oxygen atoms in total. The molecule has 2 N–H and O–H groups in total. The molecule has 3 rings (SSSR count). The molecule has 104 valence electrons.